The van der Waals surface area contributed by atoms with Crippen molar-refractivity contribution in [2.24, 2.45) is 0 Å². The molecule has 1 aliphatic carbocycles. The first-order valence-electron chi connectivity index (χ1n) is 7.12. The van der Waals surface area contributed by atoms with E-state index >= 15 is 0 Å². The number of rotatable bonds is 4. The molecule has 0 heterocycles. The van der Waals surface area contributed by atoms with Gasteiger partial charge < -0.3 is 5.11 Å². The normalized spacial score (nSPS) is 27.4. The Morgan fingerprint density at radius 2 is 2.00 bits per heavy atom. The van der Waals surface area contributed by atoms with Crippen molar-refractivity contribution in [2.75, 3.05) is 0 Å². The van der Waals surface area contributed by atoms with Crippen LogP contribution in [-0.4, -0.2) is 22.7 Å². The van der Waals surface area contributed by atoms with E-state index < -0.39 is 11.5 Å². The van der Waals surface area contributed by atoms with E-state index in [2.05, 4.69) is 17.4 Å². The Labute approximate surface area is 115 Å². The van der Waals surface area contributed by atoms with Gasteiger partial charge in [-0.1, -0.05) is 43.2 Å². The monoisotopic (exact) mass is 261 g/mol. The zero-order chi connectivity index (χ0) is 13.9. The lowest BCUT2D eigenvalue weighted by atomic mass is 9.69. The largest absolute Gasteiger partial charge is 0.480 e. The van der Waals surface area contributed by atoms with Crippen LogP contribution in [0.25, 0.3) is 0 Å². The van der Waals surface area contributed by atoms with Gasteiger partial charge in [0.2, 0.25) is 0 Å². The second-order valence-corrected chi connectivity index (χ2v) is 5.78. The van der Waals surface area contributed by atoms with Gasteiger partial charge in [0, 0.05) is 12.0 Å². The summed E-state index contributed by atoms with van der Waals surface area (Å²) >= 11 is 0. The lowest BCUT2D eigenvalue weighted by molar-refractivity contribution is -0.147. The Kier molecular flexibility index (Phi) is 4.25. The first-order valence-corrected chi connectivity index (χ1v) is 7.12. The van der Waals surface area contributed by atoms with Crippen LogP contribution in [0.1, 0.15) is 51.0 Å². The van der Waals surface area contributed by atoms with Crippen LogP contribution in [0.3, 0.4) is 0 Å². The first-order chi connectivity index (χ1) is 9.06. The standard InChI is InChI=1S/C16H23NO2/c1-12(2)17-16(15(18)19)11-7-6-10-14(16)13-8-4-3-5-9-13/h3-5,8-9,12,14,17H,6-7,10-11H2,1-2H3,(H,18,19). The van der Waals surface area contributed by atoms with Gasteiger partial charge in [-0.25, -0.2) is 0 Å². The molecular weight excluding hydrogens is 238 g/mol. The molecule has 3 nitrogen and oxygen atoms in total. The summed E-state index contributed by atoms with van der Waals surface area (Å²) < 4.78 is 0. The van der Waals surface area contributed by atoms with Gasteiger partial charge in [0.05, 0.1) is 0 Å². The summed E-state index contributed by atoms with van der Waals surface area (Å²) in [5.74, 6) is -0.655. The van der Waals surface area contributed by atoms with Crippen molar-refractivity contribution >= 4 is 5.97 Å². The molecule has 1 aromatic carbocycles. The predicted molar refractivity (Wildman–Crippen MR) is 76.3 cm³/mol. The number of carboxylic acids is 1. The lowest BCUT2D eigenvalue weighted by Crippen LogP contribution is -2.59. The number of carboxylic acid groups (broad SMARTS) is 1. The van der Waals surface area contributed by atoms with Crippen LogP contribution >= 0.6 is 0 Å². The van der Waals surface area contributed by atoms with E-state index in [9.17, 15) is 9.90 Å². The van der Waals surface area contributed by atoms with E-state index in [1.165, 1.54) is 0 Å². The van der Waals surface area contributed by atoms with Crippen molar-refractivity contribution in [3.8, 4) is 0 Å². The van der Waals surface area contributed by atoms with Gasteiger partial charge in [0.25, 0.3) is 0 Å². The molecule has 104 valence electrons. The highest BCUT2D eigenvalue weighted by Gasteiger charge is 2.47. The molecule has 2 rings (SSSR count). The van der Waals surface area contributed by atoms with Crippen LogP contribution in [-0.2, 0) is 4.79 Å². The smallest absolute Gasteiger partial charge is 0.324 e. The summed E-state index contributed by atoms with van der Waals surface area (Å²) in [5, 5.41) is 13.2. The Morgan fingerprint density at radius 3 is 2.58 bits per heavy atom. The summed E-state index contributed by atoms with van der Waals surface area (Å²) in [7, 11) is 0. The molecule has 0 radical (unpaired) electrons. The Morgan fingerprint density at radius 1 is 1.32 bits per heavy atom. The molecule has 1 fully saturated rings. The van der Waals surface area contributed by atoms with Gasteiger partial charge in [-0.2, -0.15) is 0 Å². The van der Waals surface area contributed by atoms with Crippen LogP contribution in [0.15, 0.2) is 30.3 Å². The SMILES string of the molecule is CC(C)NC1(C(=O)O)CCCCC1c1ccccc1. The molecule has 1 aliphatic rings. The lowest BCUT2D eigenvalue weighted by Gasteiger charge is -2.43. The number of carbonyl (C=O) groups is 1. The van der Waals surface area contributed by atoms with Gasteiger partial charge in [-0.3, -0.25) is 10.1 Å². The minimum atomic E-state index is -0.812. The van der Waals surface area contributed by atoms with Crippen molar-refractivity contribution < 1.29 is 9.90 Å². The van der Waals surface area contributed by atoms with Gasteiger partial charge >= 0.3 is 5.97 Å². The van der Waals surface area contributed by atoms with Crippen molar-refractivity contribution in [3.05, 3.63) is 35.9 Å². The fraction of sp³-hybridized carbons (Fsp3) is 0.562. The van der Waals surface area contributed by atoms with E-state index in [1.807, 2.05) is 32.0 Å². The van der Waals surface area contributed by atoms with Crippen LogP contribution in [0, 0.1) is 0 Å². The molecule has 0 bridgehead atoms. The highest BCUT2D eigenvalue weighted by atomic mass is 16.4. The summed E-state index contributed by atoms with van der Waals surface area (Å²) in [5.41, 5.74) is 0.325. The minimum absolute atomic E-state index is 0.0577. The van der Waals surface area contributed by atoms with Crippen LogP contribution in [0.5, 0.6) is 0 Å². The molecule has 0 amide bonds. The number of hydrogen-bond donors (Lipinski definition) is 2. The van der Waals surface area contributed by atoms with E-state index in [0.29, 0.717) is 6.42 Å². The van der Waals surface area contributed by atoms with Gasteiger partial charge in [-0.15, -0.1) is 0 Å². The maximum absolute atomic E-state index is 11.9. The summed E-state index contributed by atoms with van der Waals surface area (Å²) in [6, 6.07) is 10.2. The molecule has 19 heavy (non-hydrogen) atoms. The van der Waals surface area contributed by atoms with Gasteiger partial charge in [-0.05, 0) is 32.3 Å². The summed E-state index contributed by atoms with van der Waals surface area (Å²) in [4.78, 5) is 11.9. The zero-order valence-corrected chi connectivity index (χ0v) is 11.7. The van der Waals surface area contributed by atoms with Crippen molar-refractivity contribution in [3.63, 3.8) is 0 Å². The molecule has 3 heteroatoms. The number of nitrogens with one attached hydrogen (secondary N) is 1. The first kappa shape index (κ1) is 14.1. The molecule has 0 spiro atoms. The van der Waals surface area contributed by atoms with E-state index in [4.69, 9.17) is 0 Å². The van der Waals surface area contributed by atoms with Crippen molar-refractivity contribution in [1.29, 1.82) is 0 Å². The quantitative estimate of drug-likeness (QED) is 0.875. The van der Waals surface area contributed by atoms with Gasteiger partial charge in [0.1, 0.15) is 5.54 Å². The van der Waals surface area contributed by atoms with E-state index in [0.717, 1.165) is 24.8 Å². The minimum Gasteiger partial charge on any atom is -0.480 e. The maximum Gasteiger partial charge on any atom is 0.324 e. The van der Waals surface area contributed by atoms with Crippen LogP contribution in [0.2, 0.25) is 0 Å². The molecule has 0 saturated heterocycles. The molecule has 2 atom stereocenters. The third-order valence-corrected chi connectivity index (χ3v) is 4.04. The summed E-state index contributed by atoms with van der Waals surface area (Å²) in [6.45, 7) is 4.03. The number of benzene rings is 1. The Hall–Kier alpha value is -1.35. The fourth-order valence-corrected chi connectivity index (χ4v) is 3.32. The van der Waals surface area contributed by atoms with Crippen molar-refractivity contribution in [1.82, 2.24) is 5.32 Å². The average Bonchev–Trinajstić information content (AvgIpc) is 2.39. The second-order valence-electron chi connectivity index (χ2n) is 5.78. The molecule has 2 unspecified atom stereocenters. The molecule has 2 N–H and O–H groups in total. The van der Waals surface area contributed by atoms with E-state index in [1.54, 1.807) is 0 Å². The molecule has 1 aromatic rings. The van der Waals surface area contributed by atoms with Crippen LogP contribution in [0.4, 0.5) is 0 Å². The predicted octanol–water partition coefficient (Wildman–Crippen LogP) is 3.17. The number of aliphatic carboxylic acids is 1. The highest BCUT2D eigenvalue weighted by Crippen LogP contribution is 2.41. The molecular formula is C16H23NO2. The summed E-state index contributed by atoms with van der Waals surface area (Å²) in [6.07, 6.45) is 3.74. The highest BCUT2D eigenvalue weighted by molar-refractivity contribution is 5.80. The molecule has 1 saturated carbocycles. The van der Waals surface area contributed by atoms with E-state index in [-0.39, 0.29) is 12.0 Å². The molecule has 0 aromatic heterocycles. The topological polar surface area (TPSA) is 49.3 Å². The maximum atomic E-state index is 11.9. The average molecular weight is 261 g/mol. The second kappa shape index (κ2) is 5.74. The third-order valence-electron chi connectivity index (χ3n) is 4.04. The zero-order valence-electron chi connectivity index (χ0n) is 11.7. The van der Waals surface area contributed by atoms with Gasteiger partial charge in [0.15, 0.2) is 0 Å². The van der Waals surface area contributed by atoms with Crippen LogP contribution < -0.4 is 5.32 Å². The molecule has 0 aliphatic heterocycles. The third kappa shape index (κ3) is 2.81. The Bertz CT molecular complexity index is 430. The van der Waals surface area contributed by atoms with Crippen molar-refractivity contribution in [2.45, 2.75) is 57.0 Å². The Balaban J connectivity index is 2.39. The fourth-order valence-electron chi connectivity index (χ4n) is 3.32. The number of hydrogen-bond acceptors (Lipinski definition) is 2.